The van der Waals surface area contributed by atoms with Crippen LogP contribution >= 0.6 is 11.3 Å². The van der Waals surface area contributed by atoms with Gasteiger partial charge in [-0.3, -0.25) is 19.7 Å². The summed E-state index contributed by atoms with van der Waals surface area (Å²) in [7, 11) is 0. The highest BCUT2D eigenvalue weighted by molar-refractivity contribution is 7.22. The summed E-state index contributed by atoms with van der Waals surface area (Å²) in [6.07, 6.45) is 7.50. The molecule has 0 radical (unpaired) electrons. The lowest BCUT2D eigenvalue weighted by atomic mass is 9.93. The molecule has 0 atom stereocenters. The molecule has 2 fully saturated rings. The zero-order valence-electron chi connectivity index (χ0n) is 22.3. The van der Waals surface area contributed by atoms with E-state index in [-0.39, 0.29) is 30.2 Å². The van der Waals surface area contributed by atoms with Crippen molar-refractivity contribution in [2.45, 2.75) is 44.7 Å². The number of hydrogen-bond acceptors (Lipinski definition) is 7. The smallest absolute Gasteiger partial charge is 0.319 e. The Balaban J connectivity index is 1.11. The SMILES string of the molecule is O=C(O)CC1CCN(Cc2ccc(-c3cc4nccc(Oc5ccc(NC(=O)NC6CC6)cc5F)c4s3)nc2)CC1. The Bertz CT molecular complexity index is 1570. The standard InChI is InChI=1S/C30H30FN5O4S/c31-22-14-21(35-30(39)34-20-2-3-20)4-6-25(22)40-26-7-10-32-24-15-27(41-29(24)26)23-5-1-19(16-33-23)17-36-11-8-18(9-12-36)13-28(37)38/h1,4-7,10,14-16,18,20H,2-3,8-9,11-13,17H2,(H,37,38)(H2,34,35,39). The second-order valence-corrected chi connectivity index (χ2v) is 11.7. The monoisotopic (exact) mass is 575 g/mol. The second kappa shape index (κ2) is 11.8. The Morgan fingerprint density at radius 3 is 2.59 bits per heavy atom. The molecule has 0 spiro atoms. The Morgan fingerprint density at radius 1 is 1.05 bits per heavy atom. The maximum atomic E-state index is 14.9. The Morgan fingerprint density at radius 2 is 1.88 bits per heavy atom. The molecule has 3 N–H and O–H groups in total. The van der Waals surface area contributed by atoms with Gasteiger partial charge in [-0.15, -0.1) is 11.3 Å². The summed E-state index contributed by atoms with van der Waals surface area (Å²) in [6.45, 7) is 2.56. The van der Waals surface area contributed by atoms with E-state index in [0.29, 0.717) is 11.4 Å². The van der Waals surface area contributed by atoms with E-state index in [1.165, 1.54) is 23.5 Å². The number of fused-ring (bicyclic) bond motifs is 1. The molecule has 0 unspecified atom stereocenters. The van der Waals surface area contributed by atoms with Crippen molar-refractivity contribution in [3.8, 4) is 22.1 Å². The number of likely N-dealkylation sites (tertiary alicyclic amines) is 1. The van der Waals surface area contributed by atoms with Gasteiger partial charge in [0.05, 0.1) is 20.8 Å². The first kappa shape index (κ1) is 27.1. The summed E-state index contributed by atoms with van der Waals surface area (Å²) < 4.78 is 21.6. The molecule has 212 valence electrons. The number of hydrogen-bond donors (Lipinski definition) is 3. The topological polar surface area (TPSA) is 117 Å². The number of ether oxygens (including phenoxy) is 1. The molecule has 4 heterocycles. The van der Waals surface area contributed by atoms with Gasteiger partial charge in [-0.1, -0.05) is 6.07 Å². The van der Waals surface area contributed by atoms with Gasteiger partial charge in [0, 0.05) is 49.2 Å². The highest BCUT2D eigenvalue weighted by Gasteiger charge is 2.24. The van der Waals surface area contributed by atoms with Gasteiger partial charge in [-0.2, -0.15) is 0 Å². The van der Waals surface area contributed by atoms with Gasteiger partial charge < -0.3 is 20.5 Å². The number of carboxylic acids is 1. The fraction of sp³-hybridized carbons (Fsp3) is 0.333. The predicted octanol–water partition coefficient (Wildman–Crippen LogP) is 6.26. The number of aliphatic carboxylic acids is 1. The molecular formula is C30H30FN5O4S. The summed E-state index contributed by atoms with van der Waals surface area (Å²) >= 11 is 1.48. The maximum Gasteiger partial charge on any atom is 0.319 e. The number of carboxylic acid groups (broad SMARTS) is 1. The average Bonchev–Trinajstić information content (AvgIpc) is 3.65. The number of carbonyl (C=O) groups is 2. The first-order chi connectivity index (χ1) is 19.9. The van der Waals surface area contributed by atoms with Crippen LogP contribution in [-0.2, 0) is 11.3 Å². The summed E-state index contributed by atoms with van der Waals surface area (Å²) in [6, 6.07) is 11.9. The molecule has 41 heavy (non-hydrogen) atoms. The lowest BCUT2D eigenvalue weighted by Gasteiger charge is -2.31. The number of pyridine rings is 2. The van der Waals surface area contributed by atoms with Crippen LogP contribution in [0.2, 0.25) is 0 Å². The number of aromatic nitrogens is 2. The van der Waals surface area contributed by atoms with Gasteiger partial charge in [0.15, 0.2) is 11.6 Å². The largest absolute Gasteiger partial charge is 0.481 e. The number of benzene rings is 1. The summed E-state index contributed by atoms with van der Waals surface area (Å²) in [4.78, 5) is 35.3. The van der Waals surface area contributed by atoms with E-state index < -0.39 is 11.8 Å². The Hall–Kier alpha value is -4.09. The first-order valence-corrected chi connectivity index (χ1v) is 14.5. The third-order valence-corrected chi connectivity index (χ3v) is 8.51. The van der Waals surface area contributed by atoms with Gasteiger partial charge in [0.1, 0.15) is 5.75 Å². The molecule has 1 aliphatic heterocycles. The number of halogens is 1. The highest BCUT2D eigenvalue weighted by atomic mass is 32.1. The molecule has 4 aromatic rings. The first-order valence-electron chi connectivity index (χ1n) is 13.7. The number of anilines is 1. The zero-order chi connectivity index (χ0) is 28.3. The molecule has 1 aliphatic carbocycles. The Kier molecular flexibility index (Phi) is 7.80. The van der Waals surface area contributed by atoms with E-state index in [2.05, 4.69) is 31.6 Å². The molecule has 1 saturated carbocycles. The number of rotatable bonds is 9. The molecule has 6 rings (SSSR count). The van der Waals surface area contributed by atoms with Crippen LogP contribution < -0.4 is 15.4 Å². The van der Waals surface area contributed by atoms with E-state index in [1.807, 2.05) is 18.3 Å². The van der Waals surface area contributed by atoms with Gasteiger partial charge >= 0.3 is 12.0 Å². The summed E-state index contributed by atoms with van der Waals surface area (Å²) in [5, 5.41) is 14.5. The predicted molar refractivity (Wildman–Crippen MR) is 155 cm³/mol. The number of piperidine rings is 1. The number of nitrogens with one attached hydrogen (secondary N) is 2. The van der Waals surface area contributed by atoms with Crippen molar-refractivity contribution in [3.63, 3.8) is 0 Å². The fourth-order valence-corrected chi connectivity index (χ4v) is 6.04. The minimum absolute atomic E-state index is 0.0510. The highest BCUT2D eigenvalue weighted by Crippen LogP contribution is 2.39. The summed E-state index contributed by atoms with van der Waals surface area (Å²) in [5.41, 5.74) is 3.00. The van der Waals surface area contributed by atoms with Crippen molar-refractivity contribution in [1.82, 2.24) is 20.2 Å². The lowest BCUT2D eigenvalue weighted by Crippen LogP contribution is -2.33. The van der Waals surface area contributed by atoms with E-state index >= 15 is 0 Å². The van der Waals surface area contributed by atoms with Crippen LogP contribution in [0.1, 0.15) is 37.7 Å². The maximum absolute atomic E-state index is 14.9. The fourth-order valence-electron chi connectivity index (χ4n) is 5.00. The number of thiophene rings is 1. The van der Waals surface area contributed by atoms with Crippen molar-refractivity contribution in [2.24, 2.45) is 5.92 Å². The van der Waals surface area contributed by atoms with Crippen LogP contribution in [0.15, 0.2) is 54.9 Å². The van der Waals surface area contributed by atoms with Crippen LogP contribution in [0.3, 0.4) is 0 Å². The number of amides is 2. The number of carbonyl (C=O) groups excluding carboxylic acids is 1. The Labute approximate surface area is 240 Å². The molecule has 2 aliphatic rings. The molecular weight excluding hydrogens is 545 g/mol. The molecule has 0 bridgehead atoms. The quantitative estimate of drug-likeness (QED) is 0.216. The van der Waals surface area contributed by atoms with Gasteiger partial charge in [0.25, 0.3) is 0 Å². The van der Waals surface area contributed by atoms with Crippen LogP contribution in [-0.4, -0.2) is 51.1 Å². The minimum atomic E-state index is -0.719. The third-order valence-electron chi connectivity index (χ3n) is 7.35. The van der Waals surface area contributed by atoms with E-state index in [9.17, 15) is 14.0 Å². The van der Waals surface area contributed by atoms with Gasteiger partial charge in [-0.25, -0.2) is 9.18 Å². The molecule has 3 aromatic heterocycles. The molecule has 2 amide bonds. The van der Waals surface area contributed by atoms with Crippen molar-refractivity contribution in [3.05, 3.63) is 66.2 Å². The number of nitrogens with zero attached hydrogens (tertiary/aromatic N) is 3. The molecule has 11 heteroatoms. The molecule has 1 aromatic carbocycles. The van der Waals surface area contributed by atoms with E-state index in [1.54, 1.807) is 18.3 Å². The average molecular weight is 576 g/mol. The zero-order valence-corrected chi connectivity index (χ0v) is 23.1. The normalized spacial score (nSPS) is 16.0. The summed E-state index contributed by atoms with van der Waals surface area (Å²) in [5.74, 6) is -0.505. The molecule has 9 nitrogen and oxygen atoms in total. The van der Waals surface area contributed by atoms with Crippen molar-refractivity contribution < 1.29 is 23.8 Å². The van der Waals surface area contributed by atoms with Gasteiger partial charge in [0.2, 0.25) is 0 Å². The van der Waals surface area contributed by atoms with E-state index in [0.717, 1.165) is 71.7 Å². The van der Waals surface area contributed by atoms with Crippen molar-refractivity contribution in [1.29, 1.82) is 0 Å². The van der Waals surface area contributed by atoms with Crippen LogP contribution in [0.25, 0.3) is 20.8 Å². The minimum Gasteiger partial charge on any atom is -0.481 e. The van der Waals surface area contributed by atoms with Crippen molar-refractivity contribution in [2.75, 3.05) is 18.4 Å². The van der Waals surface area contributed by atoms with Crippen LogP contribution in [0.4, 0.5) is 14.9 Å². The van der Waals surface area contributed by atoms with Crippen molar-refractivity contribution >= 4 is 39.2 Å². The second-order valence-electron chi connectivity index (χ2n) is 10.6. The van der Waals surface area contributed by atoms with Crippen LogP contribution in [0, 0.1) is 11.7 Å². The van der Waals surface area contributed by atoms with E-state index in [4.69, 9.17) is 9.84 Å². The third kappa shape index (κ3) is 6.80. The van der Waals surface area contributed by atoms with Gasteiger partial charge in [-0.05, 0) is 74.5 Å². The molecule has 1 saturated heterocycles. The lowest BCUT2D eigenvalue weighted by molar-refractivity contribution is -0.138. The number of urea groups is 1. The van der Waals surface area contributed by atoms with Crippen LogP contribution in [0.5, 0.6) is 11.5 Å².